The summed E-state index contributed by atoms with van der Waals surface area (Å²) in [6.07, 6.45) is 4.27. The van der Waals surface area contributed by atoms with Crippen molar-refractivity contribution < 1.29 is 9.47 Å². The third-order valence-corrected chi connectivity index (χ3v) is 5.68. The van der Waals surface area contributed by atoms with Crippen molar-refractivity contribution in [3.63, 3.8) is 0 Å². The molecule has 2 aliphatic rings. The van der Waals surface area contributed by atoms with Crippen molar-refractivity contribution >= 4 is 15.9 Å². The smallest absolute Gasteiger partial charge is 0.161 e. The molecule has 18 heavy (non-hydrogen) atoms. The van der Waals surface area contributed by atoms with Crippen molar-refractivity contribution in [2.24, 2.45) is 17.8 Å². The van der Waals surface area contributed by atoms with E-state index in [1.807, 2.05) is 6.07 Å². The molecule has 98 valence electrons. The van der Waals surface area contributed by atoms with E-state index in [0.29, 0.717) is 4.83 Å². The molecule has 3 rings (SSSR count). The maximum absolute atomic E-state index is 5.38. The Morgan fingerprint density at radius 2 is 1.78 bits per heavy atom. The first kappa shape index (κ1) is 12.3. The van der Waals surface area contributed by atoms with Gasteiger partial charge in [0.05, 0.1) is 14.2 Å². The second-order valence-corrected chi connectivity index (χ2v) is 6.34. The summed E-state index contributed by atoms with van der Waals surface area (Å²) in [4.78, 5) is 0.465. The van der Waals surface area contributed by atoms with Gasteiger partial charge in [-0.25, -0.2) is 0 Å². The molecule has 0 bridgehead atoms. The van der Waals surface area contributed by atoms with E-state index in [1.165, 1.54) is 24.8 Å². The number of fused-ring (bicyclic) bond motifs is 1. The fraction of sp³-hybridized carbons (Fsp3) is 0.600. The van der Waals surface area contributed by atoms with E-state index in [-0.39, 0.29) is 0 Å². The molecular weight excluding hydrogens is 292 g/mol. The Balaban J connectivity index is 1.79. The number of hydrogen-bond acceptors (Lipinski definition) is 2. The van der Waals surface area contributed by atoms with Crippen molar-refractivity contribution in [2.75, 3.05) is 14.2 Å². The molecule has 0 aromatic heterocycles. The molecule has 2 saturated carbocycles. The summed E-state index contributed by atoms with van der Waals surface area (Å²) in [7, 11) is 3.37. The van der Waals surface area contributed by atoms with Gasteiger partial charge >= 0.3 is 0 Å². The Kier molecular flexibility index (Phi) is 3.27. The molecular formula is C15H19BrO2. The minimum absolute atomic E-state index is 0.465. The summed E-state index contributed by atoms with van der Waals surface area (Å²) in [5, 5.41) is 0. The number of halogens is 1. The third-order valence-electron chi connectivity index (χ3n) is 4.54. The zero-order chi connectivity index (χ0) is 12.7. The summed E-state index contributed by atoms with van der Waals surface area (Å²) >= 11 is 3.88. The van der Waals surface area contributed by atoms with Crippen molar-refractivity contribution in [1.82, 2.24) is 0 Å². The summed E-state index contributed by atoms with van der Waals surface area (Å²) in [5.74, 6) is 4.38. The zero-order valence-corrected chi connectivity index (χ0v) is 12.4. The average molecular weight is 311 g/mol. The number of rotatable bonds is 4. The molecule has 0 N–H and O–H groups in total. The van der Waals surface area contributed by atoms with Gasteiger partial charge in [-0.15, -0.1) is 0 Å². The van der Waals surface area contributed by atoms with E-state index in [0.717, 1.165) is 29.3 Å². The second kappa shape index (κ2) is 4.76. The standard InChI is InChI=1S/C15H19BrO2/c1-17-12-7-6-9(8-13(12)18-2)15(16)14-10-4-3-5-11(10)14/h6-8,10-11,14-15H,3-5H2,1-2H3. The van der Waals surface area contributed by atoms with Crippen molar-refractivity contribution in [1.29, 1.82) is 0 Å². The molecule has 0 saturated heterocycles. The van der Waals surface area contributed by atoms with E-state index < -0.39 is 0 Å². The van der Waals surface area contributed by atoms with Crippen molar-refractivity contribution in [2.45, 2.75) is 24.1 Å². The summed E-state index contributed by atoms with van der Waals surface area (Å²) in [6, 6.07) is 6.25. The van der Waals surface area contributed by atoms with Crippen LogP contribution >= 0.6 is 15.9 Å². The van der Waals surface area contributed by atoms with E-state index in [4.69, 9.17) is 9.47 Å². The van der Waals surface area contributed by atoms with Gasteiger partial charge in [0.15, 0.2) is 11.5 Å². The molecule has 0 amide bonds. The summed E-state index contributed by atoms with van der Waals surface area (Å²) < 4.78 is 10.7. The zero-order valence-electron chi connectivity index (χ0n) is 10.9. The maximum Gasteiger partial charge on any atom is 0.161 e. The topological polar surface area (TPSA) is 18.5 Å². The molecule has 2 nitrogen and oxygen atoms in total. The molecule has 2 aliphatic carbocycles. The van der Waals surface area contributed by atoms with Crippen LogP contribution < -0.4 is 9.47 Å². The highest BCUT2D eigenvalue weighted by Gasteiger charge is 2.55. The lowest BCUT2D eigenvalue weighted by atomic mass is 10.0. The van der Waals surface area contributed by atoms with Crippen LogP contribution in [0.1, 0.15) is 29.7 Å². The van der Waals surface area contributed by atoms with Crippen LogP contribution in [-0.4, -0.2) is 14.2 Å². The van der Waals surface area contributed by atoms with Gasteiger partial charge in [0.2, 0.25) is 0 Å². The normalized spacial score (nSPS) is 30.7. The molecule has 3 atom stereocenters. The lowest BCUT2D eigenvalue weighted by Crippen LogP contribution is -1.99. The van der Waals surface area contributed by atoms with Gasteiger partial charge in [-0.3, -0.25) is 0 Å². The largest absolute Gasteiger partial charge is 0.493 e. The van der Waals surface area contributed by atoms with Crippen LogP contribution in [0.5, 0.6) is 11.5 Å². The highest BCUT2D eigenvalue weighted by molar-refractivity contribution is 9.09. The molecule has 3 heteroatoms. The van der Waals surface area contributed by atoms with E-state index in [1.54, 1.807) is 14.2 Å². The van der Waals surface area contributed by atoms with Crippen LogP contribution in [0.25, 0.3) is 0 Å². The van der Waals surface area contributed by atoms with E-state index in [2.05, 4.69) is 28.1 Å². The van der Waals surface area contributed by atoms with Crippen molar-refractivity contribution in [3.8, 4) is 11.5 Å². The lowest BCUT2D eigenvalue weighted by molar-refractivity contribution is 0.354. The Bertz CT molecular complexity index is 436. The Labute approximate surface area is 117 Å². The molecule has 1 aromatic carbocycles. The van der Waals surface area contributed by atoms with E-state index >= 15 is 0 Å². The van der Waals surface area contributed by atoms with Gasteiger partial charge < -0.3 is 9.47 Å². The van der Waals surface area contributed by atoms with Gasteiger partial charge in [-0.2, -0.15) is 0 Å². The van der Waals surface area contributed by atoms with Gasteiger partial charge in [-0.05, 0) is 48.3 Å². The molecule has 0 radical (unpaired) electrons. The molecule has 0 aliphatic heterocycles. The monoisotopic (exact) mass is 310 g/mol. The Morgan fingerprint density at radius 1 is 1.11 bits per heavy atom. The molecule has 1 aromatic rings. The van der Waals surface area contributed by atoms with Crippen LogP contribution in [0.3, 0.4) is 0 Å². The molecule has 2 fully saturated rings. The SMILES string of the molecule is COc1ccc(C(Br)C2C3CCCC32)cc1OC. The lowest BCUT2D eigenvalue weighted by Gasteiger charge is -2.15. The number of ether oxygens (including phenoxy) is 2. The van der Waals surface area contributed by atoms with Crippen LogP contribution in [0.2, 0.25) is 0 Å². The van der Waals surface area contributed by atoms with Gasteiger partial charge in [0.25, 0.3) is 0 Å². The van der Waals surface area contributed by atoms with Crippen LogP contribution in [0.4, 0.5) is 0 Å². The number of benzene rings is 1. The highest BCUT2D eigenvalue weighted by atomic mass is 79.9. The number of methoxy groups -OCH3 is 2. The van der Waals surface area contributed by atoms with Gasteiger partial charge in [-0.1, -0.05) is 28.4 Å². The van der Waals surface area contributed by atoms with E-state index in [9.17, 15) is 0 Å². The number of alkyl halides is 1. The fourth-order valence-corrected chi connectivity index (χ4v) is 4.63. The number of hydrogen-bond donors (Lipinski definition) is 0. The van der Waals surface area contributed by atoms with Crippen LogP contribution in [0, 0.1) is 17.8 Å². The predicted octanol–water partition coefficient (Wildman–Crippen LogP) is 4.19. The molecule has 0 spiro atoms. The quantitative estimate of drug-likeness (QED) is 0.776. The minimum Gasteiger partial charge on any atom is -0.493 e. The van der Waals surface area contributed by atoms with Crippen molar-refractivity contribution in [3.05, 3.63) is 23.8 Å². The van der Waals surface area contributed by atoms with Gasteiger partial charge in [0.1, 0.15) is 0 Å². The first-order chi connectivity index (χ1) is 8.76. The average Bonchev–Trinajstić information content (AvgIpc) is 2.89. The van der Waals surface area contributed by atoms with Crippen LogP contribution in [-0.2, 0) is 0 Å². The summed E-state index contributed by atoms with van der Waals surface area (Å²) in [5.41, 5.74) is 1.31. The molecule has 3 unspecified atom stereocenters. The fourth-order valence-electron chi connectivity index (χ4n) is 3.56. The first-order valence-corrected chi connectivity index (χ1v) is 7.54. The Hall–Kier alpha value is -0.700. The first-order valence-electron chi connectivity index (χ1n) is 6.62. The minimum atomic E-state index is 0.465. The highest BCUT2D eigenvalue weighted by Crippen LogP contribution is 2.64. The predicted molar refractivity (Wildman–Crippen MR) is 75.5 cm³/mol. The maximum atomic E-state index is 5.38. The summed E-state index contributed by atoms with van der Waals surface area (Å²) in [6.45, 7) is 0. The van der Waals surface area contributed by atoms with Gasteiger partial charge in [0, 0.05) is 4.83 Å². The Morgan fingerprint density at radius 3 is 2.39 bits per heavy atom. The van der Waals surface area contributed by atoms with Crippen LogP contribution in [0.15, 0.2) is 18.2 Å². The second-order valence-electron chi connectivity index (χ2n) is 5.35. The third kappa shape index (κ3) is 1.93. The molecule has 0 heterocycles.